The van der Waals surface area contributed by atoms with Gasteiger partial charge in [0.1, 0.15) is 5.82 Å². The molecule has 0 aliphatic carbocycles. The van der Waals surface area contributed by atoms with Crippen molar-refractivity contribution in [3.8, 4) is 0 Å². The maximum absolute atomic E-state index is 13.2. The summed E-state index contributed by atoms with van der Waals surface area (Å²) in [6, 6.07) is 2.14. The first-order chi connectivity index (χ1) is 6.60. The molecule has 1 N–H and O–H groups in total. The minimum Gasteiger partial charge on any atom is -0.465 e. The van der Waals surface area contributed by atoms with E-state index in [1.165, 1.54) is 0 Å². The fourth-order valence-electron chi connectivity index (χ4n) is 0.976. The second-order valence-electron chi connectivity index (χ2n) is 2.57. The number of aliphatic hydroxyl groups is 1. The zero-order chi connectivity index (χ0) is 10.7. The molecule has 1 rings (SSSR count). The van der Waals surface area contributed by atoms with Crippen LogP contribution in [0.2, 0.25) is 5.02 Å². The lowest BCUT2D eigenvalue weighted by molar-refractivity contribution is 0.0595. The molecule has 0 heterocycles. The predicted molar refractivity (Wildman–Crippen MR) is 48.7 cm³/mol. The lowest BCUT2D eigenvalue weighted by Crippen LogP contribution is -2.05. The average Bonchev–Trinajstić information content (AvgIpc) is 2.19. The number of methoxy groups -OCH3 is 1. The summed E-state index contributed by atoms with van der Waals surface area (Å²) in [4.78, 5) is 11.0. The summed E-state index contributed by atoms with van der Waals surface area (Å²) in [5.74, 6) is -1.56. The SMILES string of the molecule is COC(=O)c1cc(Cl)c(CO)cc1F. The standard InChI is InChI=1S/C9H8ClFO3/c1-14-9(13)6-3-7(10)5(4-12)2-8(6)11/h2-3,12H,4H2,1H3. The van der Waals surface area contributed by atoms with E-state index in [1.54, 1.807) is 0 Å². The number of ether oxygens (including phenoxy) is 1. The Morgan fingerprint density at radius 3 is 2.79 bits per heavy atom. The van der Waals surface area contributed by atoms with Crippen LogP contribution in [0.4, 0.5) is 4.39 Å². The Bertz CT molecular complexity index is 365. The van der Waals surface area contributed by atoms with Gasteiger partial charge in [-0.25, -0.2) is 9.18 Å². The van der Waals surface area contributed by atoms with Crippen LogP contribution in [0, 0.1) is 5.82 Å². The number of carbonyl (C=O) groups is 1. The Hall–Kier alpha value is -1.13. The van der Waals surface area contributed by atoms with E-state index >= 15 is 0 Å². The Labute approximate surface area is 85.1 Å². The molecule has 0 aromatic heterocycles. The monoisotopic (exact) mass is 218 g/mol. The van der Waals surface area contributed by atoms with Crippen molar-refractivity contribution in [3.63, 3.8) is 0 Å². The second-order valence-corrected chi connectivity index (χ2v) is 2.98. The van der Waals surface area contributed by atoms with Gasteiger partial charge in [0.2, 0.25) is 0 Å². The van der Waals surface area contributed by atoms with Gasteiger partial charge in [0.15, 0.2) is 0 Å². The van der Waals surface area contributed by atoms with E-state index < -0.39 is 11.8 Å². The number of benzene rings is 1. The van der Waals surface area contributed by atoms with Gasteiger partial charge in [-0.15, -0.1) is 0 Å². The van der Waals surface area contributed by atoms with Crippen LogP contribution in [0.1, 0.15) is 15.9 Å². The molecule has 0 fully saturated rings. The second kappa shape index (κ2) is 4.39. The quantitative estimate of drug-likeness (QED) is 0.770. The molecule has 1 aromatic carbocycles. The molecule has 0 unspecified atom stereocenters. The Morgan fingerprint density at radius 1 is 1.64 bits per heavy atom. The van der Waals surface area contributed by atoms with Gasteiger partial charge >= 0.3 is 5.97 Å². The van der Waals surface area contributed by atoms with Gasteiger partial charge in [-0.2, -0.15) is 0 Å². The van der Waals surface area contributed by atoms with Gasteiger partial charge in [-0.05, 0) is 17.7 Å². The first kappa shape index (κ1) is 10.9. The minimum absolute atomic E-state index is 0.134. The lowest BCUT2D eigenvalue weighted by atomic mass is 10.1. The van der Waals surface area contributed by atoms with Crippen LogP contribution in [-0.4, -0.2) is 18.2 Å². The third kappa shape index (κ3) is 2.02. The number of rotatable bonds is 2. The highest BCUT2D eigenvalue weighted by atomic mass is 35.5. The Morgan fingerprint density at radius 2 is 2.29 bits per heavy atom. The highest BCUT2D eigenvalue weighted by Gasteiger charge is 2.14. The average molecular weight is 219 g/mol. The normalized spacial score (nSPS) is 10.0. The third-order valence-corrected chi connectivity index (χ3v) is 2.06. The molecule has 0 amide bonds. The maximum atomic E-state index is 13.2. The molecule has 14 heavy (non-hydrogen) atoms. The van der Waals surface area contributed by atoms with Crippen molar-refractivity contribution in [3.05, 3.63) is 34.1 Å². The maximum Gasteiger partial charge on any atom is 0.340 e. The fourth-order valence-corrected chi connectivity index (χ4v) is 1.20. The van der Waals surface area contributed by atoms with Crippen LogP contribution in [0.3, 0.4) is 0 Å². The van der Waals surface area contributed by atoms with E-state index in [9.17, 15) is 9.18 Å². The number of halogens is 2. The number of carbonyl (C=O) groups excluding carboxylic acids is 1. The van der Waals surface area contributed by atoms with Gasteiger partial charge in [0, 0.05) is 5.02 Å². The van der Waals surface area contributed by atoms with Crippen molar-refractivity contribution in [2.45, 2.75) is 6.61 Å². The lowest BCUT2D eigenvalue weighted by Gasteiger charge is -2.05. The molecule has 0 saturated heterocycles. The summed E-state index contributed by atoms with van der Waals surface area (Å²) in [5.41, 5.74) is -0.00785. The molecule has 0 atom stereocenters. The van der Waals surface area contributed by atoms with Crippen molar-refractivity contribution < 1.29 is 19.0 Å². The zero-order valence-corrected chi connectivity index (χ0v) is 8.14. The van der Waals surface area contributed by atoms with Gasteiger partial charge in [0.05, 0.1) is 19.3 Å². The van der Waals surface area contributed by atoms with Crippen molar-refractivity contribution in [2.75, 3.05) is 7.11 Å². The number of hydrogen-bond acceptors (Lipinski definition) is 3. The van der Waals surface area contributed by atoms with Crippen molar-refractivity contribution in [2.24, 2.45) is 0 Å². The van der Waals surface area contributed by atoms with Gasteiger partial charge in [-0.1, -0.05) is 11.6 Å². The largest absolute Gasteiger partial charge is 0.465 e. The van der Waals surface area contributed by atoms with E-state index in [1.807, 2.05) is 0 Å². The van der Waals surface area contributed by atoms with Crippen molar-refractivity contribution in [1.82, 2.24) is 0 Å². The molecule has 0 spiro atoms. The molecular weight excluding hydrogens is 211 g/mol. The summed E-state index contributed by atoms with van der Waals surface area (Å²) < 4.78 is 17.5. The molecule has 0 radical (unpaired) electrons. The van der Waals surface area contributed by atoms with Gasteiger partial charge in [-0.3, -0.25) is 0 Å². The molecule has 0 aliphatic heterocycles. The predicted octanol–water partition coefficient (Wildman–Crippen LogP) is 1.76. The fraction of sp³-hybridized carbons (Fsp3) is 0.222. The van der Waals surface area contributed by atoms with Crippen LogP contribution >= 0.6 is 11.6 Å². The Kier molecular flexibility index (Phi) is 3.43. The molecule has 0 bridgehead atoms. The van der Waals surface area contributed by atoms with E-state index in [-0.39, 0.29) is 22.8 Å². The highest BCUT2D eigenvalue weighted by Crippen LogP contribution is 2.21. The molecule has 3 nitrogen and oxygen atoms in total. The first-order valence-corrected chi connectivity index (χ1v) is 4.15. The van der Waals surface area contributed by atoms with E-state index in [0.717, 1.165) is 19.2 Å². The molecule has 1 aromatic rings. The van der Waals surface area contributed by atoms with Crippen LogP contribution in [0.5, 0.6) is 0 Å². The number of aliphatic hydroxyl groups excluding tert-OH is 1. The van der Waals surface area contributed by atoms with Crippen LogP contribution in [0.25, 0.3) is 0 Å². The number of esters is 1. The van der Waals surface area contributed by atoms with Crippen LogP contribution in [0.15, 0.2) is 12.1 Å². The molecule has 0 saturated carbocycles. The van der Waals surface area contributed by atoms with Crippen LogP contribution in [-0.2, 0) is 11.3 Å². The summed E-state index contributed by atoms with van der Waals surface area (Å²) in [7, 11) is 1.15. The highest BCUT2D eigenvalue weighted by molar-refractivity contribution is 6.31. The van der Waals surface area contributed by atoms with Crippen molar-refractivity contribution >= 4 is 17.6 Å². The number of hydrogen-bond donors (Lipinski definition) is 1. The molecule has 76 valence electrons. The minimum atomic E-state index is -0.797. The third-order valence-electron chi connectivity index (χ3n) is 1.71. The Balaban J connectivity index is 3.21. The summed E-state index contributed by atoms with van der Waals surface area (Å²) in [6.07, 6.45) is 0. The van der Waals surface area contributed by atoms with Gasteiger partial charge < -0.3 is 9.84 Å². The summed E-state index contributed by atoms with van der Waals surface area (Å²) >= 11 is 5.67. The molecule has 0 aliphatic rings. The molecular formula is C9H8ClFO3. The summed E-state index contributed by atoms with van der Waals surface area (Å²) in [6.45, 7) is -0.378. The first-order valence-electron chi connectivity index (χ1n) is 3.77. The van der Waals surface area contributed by atoms with Gasteiger partial charge in [0.25, 0.3) is 0 Å². The molecule has 5 heteroatoms. The topological polar surface area (TPSA) is 46.5 Å². The smallest absolute Gasteiger partial charge is 0.340 e. The van der Waals surface area contributed by atoms with Crippen molar-refractivity contribution in [1.29, 1.82) is 0 Å². The summed E-state index contributed by atoms with van der Waals surface area (Å²) in [5, 5.41) is 8.90. The van der Waals surface area contributed by atoms with E-state index in [4.69, 9.17) is 16.7 Å². The van der Waals surface area contributed by atoms with E-state index in [0.29, 0.717) is 0 Å². The zero-order valence-electron chi connectivity index (χ0n) is 7.38. The van der Waals surface area contributed by atoms with E-state index in [2.05, 4.69) is 4.74 Å². The van der Waals surface area contributed by atoms with Crippen LogP contribution < -0.4 is 0 Å².